The maximum Gasteiger partial charge on any atom is 0.407 e. The standard InChI is InChI=1S/C14H14F2N2O4/c15-13(16)21-8-4-5-9-11(7-8)22-12(17-9)10-3-1-2-6-18(10)14(19)20/h4-5,7,10,13H,1-3,6H2,(H,19,20). The van der Waals surface area contributed by atoms with Crippen LogP contribution >= 0.6 is 0 Å². The van der Waals surface area contributed by atoms with Gasteiger partial charge in [-0.3, -0.25) is 4.90 Å². The molecule has 6 nitrogen and oxygen atoms in total. The van der Waals surface area contributed by atoms with Gasteiger partial charge in [0.2, 0.25) is 5.89 Å². The lowest BCUT2D eigenvalue weighted by molar-refractivity contribution is -0.0497. The van der Waals surface area contributed by atoms with Crippen molar-refractivity contribution in [2.75, 3.05) is 6.54 Å². The summed E-state index contributed by atoms with van der Waals surface area (Å²) in [4.78, 5) is 16.9. The molecule has 1 fully saturated rings. The maximum atomic E-state index is 12.2. The highest BCUT2D eigenvalue weighted by atomic mass is 19.3. The van der Waals surface area contributed by atoms with Crippen molar-refractivity contribution in [1.82, 2.24) is 9.88 Å². The highest BCUT2D eigenvalue weighted by molar-refractivity contribution is 5.74. The molecule has 0 spiro atoms. The van der Waals surface area contributed by atoms with Gasteiger partial charge in [-0.1, -0.05) is 0 Å². The Kier molecular flexibility index (Phi) is 3.82. The number of fused-ring (bicyclic) bond motifs is 1. The summed E-state index contributed by atoms with van der Waals surface area (Å²) in [6.45, 7) is -2.49. The van der Waals surface area contributed by atoms with Crippen LogP contribution in [0.5, 0.6) is 5.75 Å². The third-order valence-corrected chi connectivity index (χ3v) is 3.64. The number of benzene rings is 1. The van der Waals surface area contributed by atoms with Gasteiger partial charge in [0, 0.05) is 12.6 Å². The predicted octanol–water partition coefficient (Wildman–Crippen LogP) is 3.63. The molecular formula is C14H14F2N2O4. The first-order chi connectivity index (χ1) is 10.5. The van der Waals surface area contributed by atoms with Gasteiger partial charge in [-0.25, -0.2) is 9.78 Å². The fourth-order valence-corrected chi connectivity index (χ4v) is 2.66. The number of carbonyl (C=O) groups is 1. The van der Waals surface area contributed by atoms with Gasteiger partial charge in [-0.05, 0) is 31.4 Å². The van der Waals surface area contributed by atoms with Crippen LogP contribution in [-0.4, -0.2) is 34.2 Å². The van der Waals surface area contributed by atoms with Gasteiger partial charge in [-0.2, -0.15) is 8.78 Å². The fourth-order valence-electron chi connectivity index (χ4n) is 2.66. The van der Waals surface area contributed by atoms with E-state index in [9.17, 15) is 18.7 Å². The van der Waals surface area contributed by atoms with Gasteiger partial charge >= 0.3 is 12.7 Å². The molecule has 22 heavy (non-hydrogen) atoms. The minimum Gasteiger partial charge on any atom is -0.465 e. The van der Waals surface area contributed by atoms with Crippen LogP contribution in [0.4, 0.5) is 13.6 Å². The summed E-state index contributed by atoms with van der Waals surface area (Å²) in [5.74, 6) is 0.259. The van der Waals surface area contributed by atoms with Gasteiger partial charge in [0.15, 0.2) is 5.58 Å². The zero-order valence-electron chi connectivity index (χ0n) is 11.5. The van der Waals surface area contributed by atoms with E-state index in [2.05, 4.69) is 9.72 Å². The number of amides is 1. The van der Waals surface area contributed by atoms with Crippen molar-refractivity contribution < 1.29 is 27.8 Å². The SMILES string of the molecule is O=C(O)N1CCCCC1c1nc2ccc(OC(F)F)cc2o1. The molecular weight excluding hydrogens is 298 g/mol. The Morgan fingerprint density at radius 2 is 2.27 bits per heavy atom. The van der Waals surface area contributed by atoms with Crippen LogP contribution < -0.4 is 4.74 Å². The Bertz CT molecular complexity index is 689. The van der Waals surface area contributed by atoms with E-state index in [4.69, 9.17) is 4.42 Å². The molecule has 0 aliphatic carbocycles. The van der Waals surface area contributed by atoms with Gasteiger partial charge in [0.1, 0.15) is 17.3 Å². The summed E-state index contributed by atoms with van der Waals surface area (Å²) in [5.41, 5.74) is 0.775. The van der Waals surface area contributed by atoms with E-state index in [-0.39, 0.29) is 11.6 Å². The number of halogens is 2. The summed E-state index contributed by atoms with van der Waals surface area (Å²) in [6.07, 6.45) is 1.29. The van der Waals surface area contributed by atoms with Crippen LogP contribution in [0.25, 0.3) is 11.1 Å². The lowest BCUT2D eigenvalue weighted by Gasteiger charge is -2.31. The Labute approximate surface area is 124 Å². The van der Waals surface area contributed by atoms with Gasteiger partial charge in [0.25, 0.3) is 0 Å². The van der Waals surface area contributed by atoms with Crippen molar-refractivity contribution in [3.05, 3.63) is 24.1 Å². The molecule has 1 amide bonds. The number of rotatable bonds is 3. The topological polar surface area (TPSA) is 75.8 Å². The Hall–Kier alpha value is -2.38. The molecule has 118 valence electrons. The van der Waals surface area contributed by atoms with E-state index < -0.39 is 18.7 Å². The van der Waals surface area contributed by atoms with Crippen molar-refractivity contribution in [3.8, 4) is 5.75 Å². The zero-order chi connectivity index (χ0) is 15.7. The summed E-state index contributed by atoms with van der Waals surface area (Å²) in [7, 11) is 0. The number of nitrogens with zero attached hydrogens (tertiary/aromatic N) is 2. The molecule has 2 aromatic rings. The van der Waals surface area contributed by atoms with Gasteiger partial charge in [-0.15, -0.1) is 0 Å². The summed E-state index contributed by atoms with van der Waals surface area (Å²) < 4.78 is 34.3. The number of hydrogen-bond acceptors (Lipinski definition) is 4. The summed E-state index contributed by atoms with van der Waals surface area (Å²) >= 11 is 0. The second kappa shape index (κ2) is 5.78. The quantitative estimate of drug-likeness (QED) is 0.936. The van der Waals surface area contributed by atoms with E-state index in [1.807, 2.05) is 0 Å². The molecule has 3 rings (SSSR count). The lowest BCUT2D eigenvalue weighted by atomic mass is 10.0. The first kappa shape index (κ1) is 14.6. The third kappa shape index (κ3) is 2.81. The smallest absolute Gasteiger partial charge is 0.407 e. The second-order valence-corrected chi connectivity index (χ2v) is 5.05. The number of aromatic nitrogens is 1. The Morgan fingerprint density at radius 3 is 3.00 bits per heavy atom. The molecule has 0 bridgehead atoms. The van der Waals surface area contributed by atoms with Crippen molar-refractivity contribution in [3.63, 3.8) is 0 Å². The van der Waals surface area contributed by atoms with E-state index in [0.717, 1.165) is 12.8 Å². The molecule has 1 atom stereocenters. The van der Waals surface area contributed by atoms with Crippen LogP contribution in [0.1, 0.15) is 31.2 Å². The normalized spacial score (nSPS) is 18.9. The van der Waals surface area contributed by atoms with Gasteiger partial charge in [0.05, 0.1) is 0 Å². The van der Waals surface area contributed by atoms with Crippen LogP contribution in [0.15, 0.2) is 22.6 Å². The number of alkyl halides is 2. The number of carboxylic acid groups (broad SMARTS) is 1. The lowest BCUT2D eigenvalue weighted by Crippen LogP contribution is -2.37. The molecule has 0 radical (unpaired) electrons. The number of hydrogen-bond donors (Lipinski definition) is 1. The average molecular weight is 312 g/mol. The number of piperidine rings is 1. The second-order valence-electron chi connectivity index (χ2n) is 5.05. The predicted molar refractivity (Wildman–Crippen MR) is 72.0 cm³/mol. The first-order valence-corrected chi connectivity index (χ1v) is 6.89. The summed E-state index contributed by atoms with van der Waals surface area (Å²) in [6, 6.07) is 3.76. The molecule has 1 aromatic heterocycles. The first-order valence-electron chi connectivity index (χ1n) is 6.89. The Morgan fingerprint density at radius 1 is 1.45 bits per heavy atom. The highest BCUT2D eigenvalue weighted by Crippen LogP contribution is 2.33. The minimum absolute atomic E-state index is 0.0241. The van der Waals surface area contributed by atoms with Crippen LogP contribution in [0, 0.1) is 0 Å². The van der Waals surface area contributed by atoms with E-state index in [0.29, 0.717) is 24.1 Å². The third-order valence-electron chi connectivity index (χ3n) is 3.64. The van der Waals surface area contributed by atoms with Crippen LogP contribution in [0.3, 0.4) is 0 Å². The number of likely N-dealkylation sites (tertiary alicyclic amines) is 1. The van der Waals surface area contributed by atoms with E-state index >= 15 is 0 Å². The Balaban J connectivity index is 1.92. The van der Waals surface area contributed by atoms with Crippen LogP contribution in [0.2, 0.25) is 0 Å². The largest absolute Gasteiger partial charge is 0.465 e. The number of ether oxygens (including phenoxy) is 1. The van der Waals surface area contributed by atoms with E-state index in [1.165, 1.54) is 23.1 Å². The molecule has 1 saturated heterocycles. The maximum absolute atomic E-state index is 12.2. The molecule has 2 heterocycles. The molecule has 1 aromatic carbocycles. The number of oxazole rings is 1. The molecule has 0 saturated carbocycles. The monoisotopic (exact) mass is 312 g/mol. The fraction of sp³-hybridized carbons (Fsp3) is 0.429. The van der Waals surface area contributed by atoms with Crippen molar-refractivity contribution in [2.24, 2.45) is 0 Å². The molecule has 1 N–H and O–H groups in total. The summed E-state index contributed by atoms with van der Waals surface area (Å²) in [5, 5.41) is 9.24. The van der Waals surface area contributed by atoms with Crippen LogP contribution in [-0.2, 0) is 0 Å². The average Bonchev–Trinajstić information content (AvgIpc) is 2.89. The van der Waals surface area contributed by atoms with E-state index in [1.54, 1.807) is 0 Å². The van der Waals surface area contributed by atoms with Crippen molar-refractivity contribution in [1.29, 1.82) is 0 Å². The van der Waals surface area contributed by atoms with Crippen molar-refractivity contribution in [2.45, 2.75) is 31.9 Å². The highest BCUT2D eigenvalue weighted by Gasteiger charge is 2.31. The van der Waals surface area contributed by atoms with Crippen molar-refractivity contribution >= 4 is 17.2 Å². The molecule has 1 aliphatic rings. The molecule has 1 unspecified atom stereocenters. The molecule has 1 aliphatic heterocycles. The minimum atomic E-state index is -2.92. The zero-order valence-corrected chi connectivity index (χ0v) is 11.5. The molecule has 8 heteroatoms. The van der Waals surface area contributed by atoms with Gasteiger partial charge < -0.3 is 14.3 Å².